The van der Waals surface area contributed by atoms with Crippen LogP contribution >= 0.6 is 23.1 Å². The van der Waals surface area contributed by atoms with Crippen molar-refractivity contribution < 1.29 is 13.2 Å². The Morgan fingerprint density at radius 2 is 2.17 bits per heavy atom. The van der Waals surface area contributed by atoms with E-state index in [1.54, 1.807) is 11.3 Å². The molecule has 0 radical (unpaired) electrons. The van der Waals surface area contributed by atoms with E-state index in [-0.39, 0.29) is 28.7 Å². The van der Waals surface area contributed by atoms with Gasteiger partial charge in [0.1, 0.15) is 16.2 Å². The number of fused-ring (bicyclic) bond motifs is 1. The molecule has 1 aliphatic rings. The fraction of sp³-hybridized carbons (Fsp3) is 0.533. The number of sulfone groups is 1. The highest BCUT2D eigenvalue weighted by molar-refractivity contribution is 8.00. The first-order chi connectivity index (χ1) is 11.3. The van der Waals surface area contributed by atoms with Gasteiger partial charge in [-0.05, 0) is 32.8 Å². The third-order valence-electron chi connectivity index (χ3n) is 4.17. The third kappa shape index (κ3) is 3.57. The van der Waals surface area contributed by atoms with Crippen molar-refractivity contribution in [1.29, 1.82) is 0 Å². The number of amides is 1. The highest BCUT2D eigenvalue weighted by Gasteiger charge is 2.30. The van der Waals surface area contributed by atoms with Gasteiger partial charge in [-0.1, -0.05) is 11.8 Å². The second-order valence-electron chi connectivity index (χ2n) is 6.01. The van der Waals surface area contributed by atoms with Gasteiger partial charge in [0.05, 0.1) is 16.8 Å². The molecule has 0 unspecified atom stereocenters. The summed E-state index contributed by atoms with van der Waals surface area (Å²) in [6.45, 7) is 5.90. The Morgan fingerprint density at radius 3 is 2.83 bits per heavy atom. The molecule has 0 spiro atoms. The van der Waals surface area contributed by atoms with Crippen LogP contribution in [0.5, 0.6) is 0 Å². The van der Waals surface area contributed by atoms with Crippen LogP contribution in [0.3, 0.4) is 0 Å². The van der Waals surface area contributed by atoms with Gasteiger partial charge in [0.15, 0.2) is 9.84 Å². The summed E-state index contributed by atoms with van der Waals surface area (Å²) in [6, 6.07) is -0.277. The zero-order valence-corrected chi connectivity index (χ0v) is 16.1. The monoisotopic (exact) mass is 385 g/mol. The standard InChI is InChI=1S/C15H19N3O3S3/c1-8-9(2)22-14-12(8)15(17-7-16-14)23-10(3)13(19)18-11-4-5-24(20,21)6-11/h7,10-11H,4-6H2,1-3H3,(H,18,19)/t10-,11+/m0/s1. The number of thiophene rings is 1. The molecular formula is C15H19N3O3S3. The molecule has 1 aliphatic heterocycles. The topological polar surface area (TPSA) is 89.0 Å². The molecule has 2 aromatic heterocycles. The smallest absolute Gasteiger partial charge is 0.233 e. The Bertz CT molecular complexity index is 892. The number of carbonyl (C=O) groups excluding carboxylic acids is 1. The number of carbonyl (C=O) groups is 1. The van der Waals surface area contributed by atoms with Gasteiger partial charge >= 0.3 is 0 Å². The Kier molecular flexibility index (Phi) is 4.85. The molecule has 24 heavy (non-hydrogen) atoms. The summed E-state index contributed by atoms with van der Waals surface area (Å²) in [4.78, 5) is 23.1. The number of rotatable bonds is 4. The molecule has 0 aliphatic carbocycles. The number of nitrogens with one attached hydrogen (secondary N) is 1. The van der Waals surface area contributed by atoms with Crippen molar-refractivity contribution in [1.82, 2.24) is 15.3 Å². The van der Waals surface area contributed by atoms with E-state index in [9.17, 15) is 13.2 Å². The number of aryl methyl sites for hydroxylation is 2. The summed E-state index contributed by atoms with van der Waals surface area (Å²) in [7, 11) is -3.00. The molecule has 3 rings (SSSR count). The van der Waals surface area contributed by atoms with Gasteiger partial charge in [-0.3, -0.25) is 4.79 Å². The quantitative estimate of drug-likeness (QED) is 0.640. The molecule has 1 saturated heterocycles. The van der Waals surface area contributed by atoms with Crippen molar-refractivity contribution in [3.8, 4) is 0 Å². The summed E-state index contributed by atoms with van der Waals surface area (Å²) in [5.41, 5.74) is 1.15. The maximum atomic E-state index is 12.4. The molecule has 1 fully saturated rings. The Morgan fingerprint density at radius 1 is 1.42 bits per heavy atom. The van der Waals surface area contributed by atoms with Crippen LogP contribution in [0.1, 0.15) is 23.8 Å². The van der Waals surface area contributed by atoms with Crippen LogP contribution in [0.4, 0.5) is 0 Å². The van der Waals surface area contributed by atoms with Gasteiger partial charge in [0.2, 0.25) is 5.91 Å². The fourth-order valence-electron chi connectivity index (χ4n) is 2.69. The molecule has 1 amide bonds. The molecule has 1 N–H and O–H groups in total. The zero-order chi connectivity index (χ0) is 17.5. The lowest BCUT2D eigenvalue weighted by Gasteiger charge is -2.15. The molecule has 0 saturated carbocycles. The van der Waals surface area contributed by atoms with Crippen molar-refractivity contribution >= 4 is 49.1 Å². The van der Waals surface area contributed by atoms with E-state index in [1.165, 1.54) is 23.0 Å². The summed E-state index contributed by atoms with van der Waals surface area (Å²) in [5.74, 6) is 0.0364. The lowest BCUT2D eigenvalue weighted by atomic mass is 10.2. The Labute approximate surface area is 149 Å². The second-order valence-corrected chi connectivity index (χ2v) is 10.8. The lowest BCUT2D eigenvalue weighted by molar-refractivity contribution is -0.120. The van der Waals surface area contributed by atoms with Crippen LogP contribution in [0.15, 0.2) is 11.4 Å². The summed E-state index contributed by atoms with van der Waals surface area (Å²) < 4.78 is 23.0. The molecular weight excluding hydrogens is 366 g/mol. The molecule has 130 valence electrons. The van der Waals surface area contributed by atoms with Crippen molar-refractivity contribution in [2.45, 2.75) is 43.5 Å². The van der Waals surface area contributed by atoms with E-state index in [0.29, 0.717) is 6.42 Å². The number of nitrogens with zero attached hydrogens (tertiary/aromatic N) is 2. The molecule has 2 atom stereocenters. The molecule has 0 bridgehead atoms. The first-order valence-corrected chi connectivity index (χ1v) is 11.2. The van der Waals surface area contributed by atoms with E-state index < -0.39 is 9.84 Å². The minimum atomic E-state index is -3.00. The van der Waals surface area contributed by atoms with Crippen LogP contribution < -0.4 is 5.32 Å². The number of hydrogen-bond donors (Lipinski definition) is 1. The maximum Gasteiger partial charge on any atom is 0.233 e. The largest absolute Gasteiger partial charge is 0.351 e. The van der Waals surface area contributed by atoms with Gasteiger partial charge in [-0.25, -0.2) is 18.4 Å². The highest BCUT2D eigenvalue weighted by atomic mass is 32.2. The van der Waals surface area contributed by atoms with E-state index in [1.807, 2.05) is 20.8 Å². The minimum absolute atomic E-state index is 0.0384. The van der Waals surface area contributed by atoms with E-state index in [2.05, 4.69) is 15.3 Å². The molecule has 0 aromatic carbocycles. The summed E-state index contributed by atoms with van der Waals surface area (Å²) >= 11 is 3.01. The maximum absolute atomic E-state index is 12.4. The van der Waals surface area contributed by atoms with Crippen molar-refractivity contribution in [3.63, 3.8) is 0 Å². The van der Waals surface area contributed by atoms with Crippen LogP contribution in [0.25, 0.3) is 10.2 Å². The van der Waals surface area contributed by atoms with Gasteiger partial charge in [0.25, 0.3) is 0 Å². The normalized spacial score (nSPS) is 21.0. The number of aromatic nitrogens is 2. The second kappa shape index (κ2) is 6.61. The minimum Gasteiger partial charge on any atom is -0.351 e. The van der Waals surface area contributed by atoms with E-state index >= 15 is 0 Å². The van der Waals surface area contributed by atoms with Crippen LogP contribution in [-0.4, -0.2) is 47.1 Å². The third-order valence-corrected chi connectivity index (χ3v) is 8.15. The average molecular weight is 386 g/mol. The summed E-state index contributed by atoms with van der Waals surface area (Å²) in [6.07, 6.45) is 2.01. The molecule has 6 nitrogen and oxygen atoms in total. The van der Waals surface area contributed by atoms with Crippen LogP contribution in [0, 0.1) is 13.8 Å². The van der Waals surface area contributed by atoms with Crippen molar-refractivity contribution in [3.05, 3.63) is 16.8 Å². The fourth-order valence-corrected chi connectivity index (χ4v) is 6.41. The SMILES string of the molecule is Cc1sc2ncnc(S[C@@H](C)C(=O)N[C@@H]3CCS(=O)(=O)C3)c2c1C. The first-order valence-electron chi connectivity index (χ1n) is 7.65. The van der Waals surface area contributed by atoms with E-state index in [4.69, 9.17) is 0 Å². The van der Waals surface area contributed by atoms with Crippen molar-refractivity contribution in [2.75, 3.05) is 11.5 Å². The van der Waals surface area contributed by atoms with Crippen LogP contribution in [0.2, 0.25) is 0 Å². The summed E-state index contributed by atoms with van der Waals surface area (Å²) in [5, 5.41) is 4.29. The van der Waals surface area contributed by atoms with Gasteiger partial charge < -0.3 is 5.32 Å². The first kappa shape index (κ1) is 17.6. The zero-order valence-electron chi connectivity index (χ0n) is 13.7. The Balaban J connectivity index is 1.73. The van der Waals surface area contributed by atoms with E-state index in [0.717, 1.165) is 20.8 Å². The van der Waals surface area contributed by atoms with Crippen LogP contribution in [-0.2, 0) is 14.6 Å². The Hall–Kier alpha value is -1.19. The van der Waals surface area contributed by atoms with Gasteiger partial charge in [0, 0.05) is 16.3 Å². The van der Waals surface area contributed by atoms with Crippen molar-refractivity contribution in [2.24, 2.45) is 0 Å². The number of hydrogen-bond acceptors (Lipinski definition) is 7. The number of thioether (sulfide) groups is 1. The lowest BCUT2D eigenvalue weighted by Crippen LogP contribution is -2.39. The molecule has 2 aromatic rings. The van der Waals surface area contributed by atoms with Gasteiger partial charge in [-0.2, -0.15) is 0 Å². The molecule has 9 heteroatoms. The predicted molar refractivity (Wildman–Crippen MR) is 97.4 cm³/mol. The predicted octanol–water partition coefficient (Wildman–Crippen LogP) is 2.09. The van der Waals surface area contributed by atoms with Gasteiger partial charge in [-0.15, -0.1) is 11.3 Å². The average Bonchev–Trinajstić information content (AvgIpc) is 2.99. The highest BCUT2D eigenvalue weighted by Crippen LogP contribution is 2.35. The molecule has 3 heterocycles.